The molecular weight excluding hydrogens is 184 g/mol. The van der Waals surface area contributed by atoms with Crippen molar-refractivity contribution in [2.24, 2.45) is 0 Å². The van der Waals surface area contributed by atoms with Gasteiger partial charge in [-0.05, 0) is 44.0 Å². The van der Waals surface area contributed by atoms with Crippen LogP contribution >= 0.6 is 11.6 Å². The molecule has 1 aromatic carbocycles. The van der Waals surface area contributed by atoms with E-state index in [0.717, 1.165) is 27.3 Å². The molecule has 0 saturated heterocycles. The van der Waals surface area contributed by atoms with Crippen LogP contribution < -0.4 is 0 Å². The number of hydrogen-bond donors (Lipinski definition) is 0. The fourth-order valence-corrected chi connectivity index (χ4v) is 1.84. The molecule has 0 N–H and O–H groups in total. The maximum Gasteiger partial charge on any atom is 0.137 e. The highest BCUT2D eigenvalue weighted by atomic mass is 35.5. The zero-order valence-electron chi connectivity index (χ0n) is 7.94. The lowest BCUT2D eigenvalue weighted by Crippen LogP contribution is -1.75. The molecule has 0 aliphatic carbocycles. The topological polar surface area (TPSA) is 13.1 Å². The van der Waals surface area contributed by atoms with Crippen LogP contribution in [0.15, 0.2) is 16.5 Å². The van der Waals surface area contributed by atoms with Crippen molar-refractivity contribution >= 4 is 22.6 Å². The van der Waals surface area contributed by atoms with E-state index in [1.54, 1.807) is 0 Å². The summed E-state index contributed by atoms with van der Waals surface area (Å²) in [4.78, 5) is 0. The van der Waals surface area contributed by atoms with Gasteiger partial charge in [0.2, 0.25) is 0 Å². The van der Waals surface area contributed by atoms with Crippen molar-refractivity contribution in [1.82, 2.24) is 0 Å². The average Bonchev–Trinajstić information content (AvgIpc) is 2.32. The van der Waals surface area contributed by atoms with Crippen molar-refractivity contribution in [3.8, 4) is 0 Å². The predicted molar refractivity (Wildman–Crippen MR) is 55.4 cm³/mol. The molecule has 0 unspecified atom stereocenters. The van der Waals surface area contributed by atoms with Gasteiger partial charge in [0.25, 0.3) is 0 Å². The van der Waals surface area contributed by atoms with Crippen LogP contribution in [0, 0.1) is 20.8 Å². The van der Waals surface area contributed by atoms with Gasteiger partial charge in [-0.15, -0.1) is 0 Å². The minimum absolute atomic E-state index is 0.772. The minimum atomic E-state index is 0.772. The number of furan rings is 1. The first-order valence-electron chi connectivity index (χ1n) is 4.25. The van der Waals surface area contributed by atoms with Crippen LogP contribution in [-0.2, 0) is 0 Å². The van der Waals surface area contributed by atoms with Gasteiger partial charge >= 0.3 is 0 Å². The molecule has 1 aromatic heterocycles. The smallest absolute Gasteiger partial charge is 0.137 e. The van der Waals surface area contributed by atoms with Gasteiger partial charge < -0.3 is 4.42 Å². The molecule has 2 heteroatoms. The van der Waals surface area contributed by atoms with Gasteiger partial charge in [0.1, 0.15) is 11.3 Å². The van der Waals surface area contributed by atoms with E-state index in [1.165, 1.54) is 5.56 Å². The van der Waals surface area contributed by atoms with E-state index in [1.807, 2.05) is 26.0 Å². The summed E-state index contributed by atoms with van der Waals surface area (Å²) in [6.45, 7) is 6.04. The third-order valence-electron chi connectivity index (χ3n) is 2.43. The number of hydrogen-bond acceptors (Lipinski definition) is 1. The molecule has 0 saturated carbocycles. The number of benzene rings is 1. The Morgan fingerprint density at radius 2 is 1.85 bits per heavy atom. The van der Waals surface area contributed by atoms with Crippen molar-refractivity contribution < 1.29 is 4.42 Å². The van der Waals surface area contributed by atoms with E-state index in [-0.39, 0.29) is 0 Å². The van der Waals surface area contributed by atoms with E-state index < -0.39 is 0 Å². The Balaban J connectivity index is 2.94. The van der Waals surface area contributed by atoms with Crippen LogP contribution in [0.3, 0.4) is 0 Å². The van der Waals surface area contributed by atoms with E-state index in [2.05, 4.69) is 6.92 Å². The first kappa shape index (κ1) is 8.64. The summed E-state index contributed by atoms with van der Waals surface area (Å²) < 4.78 is 5.63. The first-order chi connectivity index (χ1) is 6.09. The lowest BCUT2D eigenvalue weighted by atomic mass is 10.1. The van der Waals surface area contributed by atoms with Crippen molar-refractivity contribution in [2.75, 3.05) is 0 Å². The maximum absolute atomic E-state index is 5.96. The molecule has 2 aromatic rings. The number of rotatable bonds is 0. The van der Waals surface area contributed by atoms with Gasteiger partial charge in [0, 0.05) is 10.4 Å². The van der Waals surface area contributed by atoms with E-state index >= 15 is 0 Å². The van der Waals surface area contributed by atoms with Gasteiger partial charge in [-0.1, -0.05) is 11.6 Å². The monoisotopic (exact) mass is 194 g/mol. The molecule has 1 nitrogen and oxygen atoms in total. The molecule has 1 heterocycles. The van der Waals surface area contributed by atoms with Crippen molar-refractivity contribution in [1.29, 1.82) is 0 Å². The Labute approximate surface area is 82.3 Å². The van der Waals surface area contributed by atoms with Gasteiger partial charge in [-0.2, -0.15) is 0 Å². The highest BCUT2D eigenvalue weighted by Crippen LogP contribution is 2.29. The Kier molecular flexibility index (Phi) is 1.85. The number of fused-ring (bicyclic) bond motifs is 1. The summed E-state index contributed by atoms with van der Waals surface area (Å²) in [6, 6.07) is 3.88. The van der Waals surface area contributed by atoms with Gasteiger partial charge in [0.05, 0.1) is 0 Å². The van der Waals surface area contributed by atoms with Crippen LogP contribution in [0.5, 0.6) is 0 Å². The maximum atomic E-state index is 5.96. The standard InChI is InChI=1S/C11H11ClO/c1-6-4-9(12)5-10-7(2)8(3)13-11(6)10/h4-5H,1-3H3. The third-order valence-corrected chi connectivity index (χ3v) is 2.64. The van der Waals surface area contributed by atoms with Crippen LogP contribution in [0.2, 0.25) is 5.02 Å². The largest absolute Gasteiger partial charge is 0.461 e. The molecule has 0 bridgehead atoms. The first-order valence-corrected chi connectivity index (χ1v) is 4.63. The number of halogens is 1. The van der Waals surface area contributed by atoms with Crippen molar-refractivity contribution in [3.05, 3.63) is 34.0 Å². The summed E-state index contributed by atoms with van der Waals surface area (Å²) in [5, 5.41) is 1.90. The normalized spacial score (nSPS) is 11.1. The SMILES string of the molecule is Cc1oc2c(C)cc(Cl)cc2c1C. The predicted octanol–water partition coefficient (Wildman–Crippen LogP) is 4.01. The lowest BCUT2D eigenvalue weighted by Gasteiger charge is -1.95. The zero-order valence-corrected chi connectivity index (χ0v) is 8.70. The minimum Gasteiger partial charge on any atom is -0.461 e. The third kappa shape index (κ3) is 1.24. The molecule has 0 aliphatic heterocycles. The molecular formula is C11H11ClO. The zero-order chi connectivity index (χ0) is 9.59. The second-order valence-corrected chi connectivity index (χ2v) is 3.82. The summed E-state index contributed by atoms with van der Waals surface area (Å²) in [5.74, 6) is 0.973. The average molecular weight is 195 g/mol. The van der Waals surface area contributed by atoms with Gasteiger partial charge in [0.15, 0.2) is 0 Å². The lowest BCUT2D eigenvalue weighted by molar-refractivity contribution is 0.573. The Hall–Kier alpha value is -0.950. The molecule has 0 fully saturated rings. The van der Waals surface area contributed by atoms with E-state index in [4.69, 9.17) is 16.0 Å². The van der Waals surface area contributed by atoms with Crippen LogP contribution in [0.1, 0.15) is 16.9 Å². The molecule has 13 heavy (non-hydrogen) atoms. The molecule has 0 spiro atoms. The second kappa shape index (κ2) is 2.78. The van der Waals surface area contributed by atoms with E-state index in [0.29, 0.717) is 0 Å². The van der Waals surface area contributed by atoms with Crippen molar-refractivity contribution in [3.63, 3.8) is 0 Å². The molecule has 0 atom stereocenters. The highest BCUT2D eigenvalue weighted by molar-refractivity contribution is 6.31. The summed E-state index contributed by atoms with van der Waals surface area (Å²) in [7, 11) is 0. The number of aryl methyl sites for hydroxylation is 3. The second-order valence-electron chi connectivity index (χ2n) is 3.38. The van der Waals surface area contributed by atoms with Crippen LogP contribution in [-0.4, -0.2) is 0 Å². The molecule has 2 rings (SSSR count). The Bertz CT molecular complexity index is 468. The Morgan fingerprint density at radius 3 is 2.54 bits per heavy atom. The van der Waals surface area contributed by atoms with Crippen molar-refractivity contribution in [2.45, 2.75) is 20.8 Å². The Morgan fingerprint density at radius 1 is 1.15 bits per heavy atom. The van der Waals surface area contributed by atoms with Gasteiger partial charge in [-0.25, -0.2) is 0 Å². The quantitative estimate of drug-likeness (QED) is 0.618. The molecule has 68 valence electrons. The van der Waals surface area contributed by atoms with Crippen LogP contribution in [0.4, 0.5) is 0 Å². The summed E-state index contributed by atoms with van der Waals surface area (Å²) in [5.41, 5.74) is 3.23. The molecule has 0 radical (unpaired) electrons. The molecule has 0 amide bonds. The fourth-order valence-electron chi connectivity index (χ4n) is 1.56. The van der Waals surface area contributed by atoms with Crippen LogP contribution in [0.25, 0.3) is 11.0 Å². The van der Waals surface area contributed by atoms with E-state index in [9.17, 15) is 0 Å². The summed E-state index contributed by atoms with van der Waals surface area (Å²) >= 11 is 5.96. The van der Waals surface area contributed by atoms with Gasteiger partial charge in [-0.3, -0.25) is 0 Å². The molecule has 0 aliphatic rings. The fraction of sp³-hybridized carbons (Fsp3) is 0.273. The highest BCUT2D eigenvalue weighted by Gasteiger charge is 2.09. The summed E-state index contributed by atoms with van der Waals surface area (Å²) in [6.07, 6.45) is 0.